The topological polar surface area (TPSA) is 49.6 Å². The van der Waals surface area contributed by atoms with Crippen molar-refractivity contribution in [2.45, 2.75) is 32.7 Å². The largest absolute Gasteiger partial charge is 0.392 e. The minimum atomic E-state index is -0.289. The van der Waals surface area contributed by atoms with E-state index < -0.39 is 0 Å². The Hall–Kier alpha value is -0.980. The maximum absolute atomic E-state index is 12.5. The zero-order valence-electron chi connectivity index (χ0n) is 12.9. The third-order valence-corrected chi connectivity index (χ3v) is 5.90. The molecule has 0 saturated carbocycles. The average molecular weight is 326 g/mol. The lowest BCUT2D eigenvalue weighted by Crippen LogP contribution is -2.59. The van der Waals surface area contributed by atoms with Crippen LogP contribution in [0.5, 0.6) is 0 Å². The molecule has 0 spiro atoms. The number of thiocarbonyl (C=S) groups is 1. The number of hydrogen-bond donors (Lipinski definition) is 1. The molecule has 0 unspecified atom stereocenters. The van der Waals surface area contributed by atoms with Crippen LogP contribution in [0.4, 0.5) is 0 Å². The molecule has 0 atom stereocenters. The summed E-state index contributed by atoms with van der Waals surface area (Å²) >= 11 is 6.74. The van der Waals surface area contributed by atoms with Crippen LogP contribution >= 0.6 is 23.6 Å². The summed E-state index contributed by atoms with van der Waals surface area (Å²) in [6.45, 7) is 9.26. The maximum atomic E-state index is 12.5. The molecule has 1 amide bonds. The van der Waals surface area contributed by atoms with Crippen LogP contribution in [0.25, 0.3) is 0 Å². The summed E-state index contributed by atoms with van der Waals surface area (Å²) in [4.78, 5) is 19.3. The highest BCUT2D eigenvalue weighted by atomic mass is 32.1. The van der Waals surface area contributed by atoms with Gasteiger partial charge >= 0.3 is 0 Å². The standard InChI is InChI=1S/C15H23N3OS2/c1-4-11-5-6-12(21-11)13(19)17-7-9-18(10-8-17)15(2,3)14(16)20/h5-6H,4,7-10H2,1-3H3,(H2,16,20). The summed E-state index contributed by atoms with van der Waals surface area (Å²) in [5.74, 6) is 0.146. The minimum Gasteiger partial charge on any atom is -0.392 e. The second-order valence-electron chi connectivity index (χ2n) is 5.82. The summed E-state index contributed by atoms with van der Waals surface area (Å²) in [5.41, 5.74) is 5.53. The molecule has 0 radical (unpaired) electrons. The van der Waals surface area contributed by atoms with Gasteiger partial charge < -0.3 is 10.6 Å². The summed E-state index contributed by atoms with van der Waals surface area (Å²) in [6.07, 6.45) is 0.980. The highest BCUT2D eigenvalue weighted by Gasteiger charge is 2.33. The van der Waals surface area contributed by atoms with E-state index >= 15 is 0 Å². The van der Waals surface area contributed by atoms with Crippen LogP contribution < -0.4 is 5.73 Å². The molecule has 0 bridgehead atoms. The summed E-state index contributed by atoms with van der Waals surface area (Å²) in [5, 5.41) is 0. The minimum absolute atomic E-state index is 0.146. The van der Waals surface area contributed by atoms with E-state index in [2.05, 4.69) is 11.8 Å². The van der Waals surface area contributed by atoms with Crippen LogP contribution in [-0.4, -0.2) is 52.4 Å². The van der Waals surface area contributed by atoms with E-state index in [1.165, 1.54) is 4.88 Å². The quantitative estimate of drug-likeness (QED) is 0.862. The van der Waals surface area contributed by atoms with Gasteiger partial charge in [0.2, 0.25) is 0 Å². The lowest BCUT2D eigenvalue weighted by atomic mass is 10.0. The molecule has 4 nitrogen and oxygen atoms in total. The van der Waals surface area contributed by atoms with Gasteiger partial charge in [0.15, 0.2) is 0 Å². The molecule has 2 heterocycles. The molecule has 1 aromatic rings. The van der Waals surface area contributed by atoms with Crippen LogP contribution in [0.1, 0.15) is 35.3 Å². The number of rotatable bonds is 4. The van der Waals surface area contributed by atoms with Crippen LogP contribution in [0.2, 0.25) is 0 Å². The van der Waals surface area contributed by atoms with Crippen molar-refractivity contribution < 1.29 is 4.79 Å². The van der Waals surface area contributed by atoms with Gasteiger partial charge in [-0.2, -0.15) is 0 Å². The fourth-order valence-electron chi connectivity index (χ4n) is 2.46. The van der Waals surface area contributed by atoms with Crippen molar-refractivity contribution in [2.75, 3.05) is 26.2 Å². The number of hydrogen-bond acceptors (Lipinski definition) is 4. The molecule has 1 saturated heterocycles. The van der Waals surface area contributed by atoms with Gasteiger partial charge in [0.25, 0.3) is 5.91 Å². The number of aryl methyl sites for hydroxylation is 1. The first-order chi connectivity index (χ1) is 9.86. The zero-order valence-corrected chi connectivity index (χ0v) is 14.5. The Labute approximate surface area is 135 Å². The van der Waals surface area contributed by atoms with Crippen LogP contribution in [0.15, 0.2) is 12.1 Å². The van der Waals surface area contributed by atoms with E-state index in [0.717, 1.165) is 37.5 Å². The van der Waals surface area contributed by atoms with E-state index in [9.17, 15) is 4.79 Å². The maximum Gasteiger partial charge on any atom is 0.264 e. The SMILES string of the molecule is CCc1ccc(C(=O)N2CCN(C(C)(C)C(N)=S)CC2)s1. The molecule has 0 aliphatic carbocycles. The van der Waals surface area contributed by atoms with E-state index in [0.29, 0.717) is 4.99 Å². The molecule has 1 fully saturated rings. The molecule has 21 heavy (non-hydrogen) atoms. The van der Waals surface area contributed by atoms with Gasteiger partial charge in [-0.05, 0) is 32.4 Å². The lowest BCUT2D eigenvalue weighted by Gasteiger charge is -2.43. The van der Waals surface area contributed by atoms with Gasteiger partial charge in [0.1, 0.15) is 0 Å². The van der Waals surface area contributed by atoms with Crippen molar-refractivity contribution in [1.82, 2.24) is 9.80 Å². The summed E-state index contributed by atoms with van der Waals surface area (Å²) in [6, 6.07) is 3.99. The van der Waals surface area contributed by atoms with E-state index in [1.807, 2.05) is 30.9 Å². The highest BCUT2D eigenvalue weighted by Crippen LogP contribution is 2.22. The summed E-state index contributed by atoms with van der Waals surface area (Å²) < 4.78 is 0. The lowest BCUT2D eigenvalue weighted by molar-refractivity contribution is 0.0544. The number of piperazine rings is 1. The molecule has 1 aromatic heterocycles. The monoisotopic (exact) mass is 325 g/mol. The zero-order chi connectivity index (χ0) is 15.6. The van der Waals surface area contributed by atoms with Crippen LogP contribution in [0.3, 0.4) is 0 Å². The molecule has 1 aliphatic rings. The predicted molar refractivity (Wildman–Crippen MR) is 92.0 cm³/mol. The molecular formula is C15H23N3OS2. The Morgan fingerprint density at radius 2 is 1.95 bits per heavy atom. The first-order valence-electron chi connectivity index (χ1n) is 7.29. The van der Waals surface area contributed by atoms with Gasteiger partial charge in [-0.3, -0.25) is 9.69 Å². The van der Waals surface area contributed by atoms with Crippen LogP contribution in [-0.2, 0) is 6.42 Å². The number of thiophene rings is 1. The molecule has 0 aromatic carbocycles. The number of nitrogens with zero attached hydrogens (tertiary/aromatic N) is 2. The second kappa shape index (κ2) is 6.42. The van der Waals surface area contributed by atoms with Crippen molar-refractivity contribution >= 4 is 34.5 Å². The molecule has 6 heteroatoms. The highest BCUT2D eigenvalue weighted by molar-refractivity contribution is 7.80. The smallest absolute Gasteiger partial charge is 0.264 e. The molecule has 2 N–H and O–H groups in total. The van der Waals surface area contributed by atoms with Crippen molar-refractivity contribution in [1.29, 1.82) is 0 Å². The third-order valence-electron chi connectivity index (χ3n) is 4.18. The fourth-order valence-corrected chi connectivity index (χ4v) is 3.51. The van der Waals surface area contributed by atoms with Gasteiger partial charge in [-0.25, -0.2) is 0 Å². The van der Waals surface area contributed by atoms with Crippen molar-refractivity contribution in [3.63, 3.8) is 0 Å². The predicted octanol–water partition coefficient (Wildman–Crippen LogP) is 2.13. The van der Waals surface area contributed by atoms with E-state index in [-0.39, 0.29) is 11.4 Å². The average Bonchev–Trinajstić information content (AvgIpc) is 2.95. The molecule has 1 aliphatic heterocycles. The van der Waals surface area contributed by atoms with E-state index in [4.69, 9.17) is 18.0 Å². The number of carbonyl (C=O) groups is 1. The Bertz CT molecular complexity index is 531. The number of nitrogens with two attached hydrogens (primary N) is 1. The fraction of sp³-hybridized carbons (Fsp3) is 0.600. The molecule has 116 valence electrons. The van der Waals surface area contributed by atoms with Crippen molar-refractivity contribution in [3.8, 4) is 0 Å². The summed E-state index contributed by atoms with van der Waals surface area (Å²) in [7, 11) is 0. The molecule has 2 rings (SSSR count). The van der Waals surface area contributed by atoms with Gasteiger partial charge in [-0.1, -0.05) is 19.1 Å². The van der Waals surface area contributed by atoms with Crippen molar-refractivity contribution in [2.24, 2.45) is 5.73 Å². The van der Waals surface area contributed by atoms with Gasteiger partial charge in [0.05, 0.1) is 15.4 Å². The third kappa shape index (κ3) is 3.44. The first-order valence-corrected chi connectivity index (χ1v) is 8.51. The van der Waals surface area contributed by atoms with Crippen molar-refractivity contribution in [3.05, 3.63) is 21.9 Å². The van der Waals surface area contributed by atoms with Gasteiger partial charge in [0, 0.05) is 31.1 Å². The Kier molecular flexibility index (Phi) is 5.01. The number of amides is 1. The Morgan fingerprint density at radius 1 is 1.33 bits per heavy atom. The van der Waals surface area contributed by atoms with Gasteiger partial charge in [-0.15, -0.1) is 11.3 Å². The first kappa shape index (κ1) is 16.4. The Morgan fingerprint density at radius 3 is 2.43 bits per heavy atom. The van der Waals surface area contributed by atoms with Crippen LogP contribution in [0, 0.1) is 0 Å². The molecular weight excluding hydrogens is 302 g/mol. The second-order valence-corrected chi connectivity index (χ2v) is 7.43. The Balaban J connectivity index is 1.97. The normalized spacial score (nSPS) is 17.0. The number of carbonyl (C=O) groups excluding carboxylic acids is 1. The van der Waals surface area contributed by atoms with E-state index in [1.54, 1.807) is 11.3 Å².